The molecule has 1 aliphatic rings. The molecule has 4 rings (SSSR count). The van der Waals surface area contributed by atoms with Gasteiger partial charge in [-0.1, -0.05) is 18.2 Å². The molecule has 3 heterocycles. The van der Waals surface area contributed by atoms with Gasteiger partial charge in [0.15, 0.2) is 0 Å². The van der Waals surface area contributed by atoms with Crippen molar-refractivity contribution in [3.05, 3.63) is 58.8 Å². The van der Waals surface area contributed by atoms with Crippen LogP contribution in [-0.4, -0.2) is 44.6 Å². The summed E-state index contributed by atoms with van der Waals surface area (Å²) in [6.07, 6.45) is 3.72. The summed E-state index contributed by atoms with van der Waals surface area (Å²) in [4.78, 5) is 8.38. The first-order chi connectivity index (χ1) is 11.4. The molecule has 0 aliphatic carbocycles. The van der Waals surface area contributed by atoms with Gasteiger partial charge in [-0.05, 0) is 12.1 Å². The van der Waals surface area contributed by atoms with Gasteiger partial charge in [-0.3, -0.25) is 4.90 Å². The second kappa shape index (κ2) is 6.57. The van der Waals surface area contributed by atoms with Gasteiger partial charge in [0.05, 0.1) is 24.2 Å². The van der Waals surface area contributed by atoms with E-state index in [1.165, 1.54) is 0 Å². The molecule has 1 saturated heterocycles. The van der Waals surface area contributed by atoms with Crippen molar-refractivity contribution in [3.8, 4) is 5.69 Å². The Balaban J connectivity index is 1.43. The van der Waals surface area contributed by atoms with Crippen LogP contribution in [0.4, 0.5) is 0 Å². The first-order valence-corrected chi connectivity index (χ1v) is 8.46. The van der Waals surface area contributed by atoms with E-state index in [-0.39, 0.29) is 6.10 Å². The third-order valence-corrected chi connectivity index (χ3v) is 4.66. The van der Waals surface area contributed by atoms with Gasteiger partial charge < -0.3 is 4.74 Å². The van der Waals surface area contributed by atoms with Crippen LogP contribution < -0.4 is 0 Å². The van der Waals surface area contributed by atoms with Gasteiger partial charge in [-0.2, -0.15) is 15.0 Å². The lowest BCUT2D eigenvalue weighted by atomic mass is 10.2. The van der Waals surface area contributed by atoms with Gasteiger partial charge in [0, 0.05) is 31.2 Å². The fraction of sp³-hybridized carbons (Fsp3) is 0.312. The molecule has 0 N–H and O–H groups in total. The predicted molar refractivity (Wildman–Crippen MR) is 87.4 cm³/mol. The molecule has 0 saturated carbocycles. The number of morpholine rings is 1. The van der Waals surface area contributed by atoms with Gasteiger partial charge in [-0.15, -0.1) is 11.3 Å². The molecular formula is C16H17N5OS. The molecule has 1 aliphatic heterocycles. The summed E-state index contributed by atoms with van der Waals surface area (Å²) in [5, 5.41) is 12.0. The van der Waals surface area contributed by atoms with Crippen molar-refractivity contribution >= 4 is 11.3 Å². The van der Waals surface area contributed by atoms with Crippen molar-refractivity contribution in [2.75, 3.05) is 19.7 Å². The minimum Gasteiger partial charge on any atom is -0.368 e. The van der Waals surface area contributed by atoms with Crippen LogP contribution in [0.25, 0.3) is 5.69 Å². The average molecular weight is 327 g/mol. The van der Waals surface area contributed by atoms with E-state index >= 15 is 0 Å². The number of aromatic nitrogens is 4. The normalized spacial score (nSPS) is 19.0. The van der Waals surface area contributed by atoms with Crippen molar-refractivity contribution in [1.29, 1.82) is 0 Å². The first-order valence-electron chi connectivity index (χ1n) is 7.58. The van der Waals surface area contributed by atoms with Crippen molar-refractivity contribution in [2.24, 2.45) is 0 Å². The van der Waals surface area contributed by atoms with Crippen LogP contribution in [0.15, 0.2) is 48.1 Å². The quantitative estimate of drug-likeness (QED) is 0.736. The Morgan fingerprint density at radius 2 is 2.17 bits per heavy atom. The number of thiazole rings is 1. The topological polar surface area (TPSA) is 56.1 Å². The maximum absolute atomic E-state index is 5.83. The molecule has 1 aromatic carbocycles. The van der Waals surface area contributed by atoms with Crippen molar-refractivity contribution < 1.29 is 4.74 Å². The maximum Gasteiger partial charge on any atom is 0.123 e. The lowest BCUT2D eigenvalue weighted by Gasteiger charge is -2.31. The molecule has 0 radical (unpaired) electrons. The summed E-state index contributed by atoms with van der Waals surface area (Å²) >= 11 is 1.64. The number of hydrogen-bond acceptors (Lipinski definition) is 6. The van der Waals surface area contributed by atoms with Crippen molar-refractivity contribution in [3.63, 3.8) is 0 Å². The van der Waals surface area contributed by atoms with E-state index in [4.69, 9.17) is 4.74 Å². The van der Waals surface area contributed by atoms with Gasteiger partial charge >= 0.3 is 0 Å². The minimum atomic E-state index is 0.0629. The number of ether oxygens (including phenoxy) is 1. The van der Waals surface area contributed by atoms with Crippen LogP contribution in [0.1, 0.15) is 16.8 Å². The fourth-order valence-electron chi connectivity index (χ4n) is 2.67. The lowest BCUT2D eigenvalue weighted by Crippen LogP contribution is -2.37. The second-order valence-electron chi connectivity index (χ2n) is 5.43. The predicted octanol–water partition coefficient (Wildman–Crippen LogP) is 2.30. The SMILES string of the molecule is c1ccc(-n2ncc(CN3CCO[C@H](c4nccs4)C3)n2)cc1. The van der Waals surface area contributed by atoms with E-state index in [1.54, 1.807) is 16.1 Å². The van der Waals surface area contributed by atoms with Crippen LogP contribution in [0.3, 0.4) is 0 Å². The zero-order chi connectivity index (χ0) is 15.5. The van der Waals surface area contributed by atoms with Crippen LogP contribution >= 0.6 is 11.3 Å². The molecule has 0 bridgehead atoms. The fourth-order valence-corrected chi connectivity index (χ4v) is 3.35. The summed E-state index contributed by atoms with van der Waals surface area (Å²) in [5.74, 6) is 0. The third kappa shape index (κ3) is 3.31. The Morgan fingerprint density at radius 1 is 1.26 bits per heavy atom. The van der Waals surface area contributed by atoms with Gasteiger partial charge in [0.1, 0.15) is 11.1 Å². The molecule has 2 aromatic heterocycles. The molecular weight excluding hydrogens is 310 g/mol. The second-order valence-corrected chi connectivity index (χ2v) is 6.35. The third-order valence-electron chi connectivity index (χ3n) is 3.79. The van der Waals surface area contributed by atoms with E-state index < -0.39 is 0 Å². The van der Waals surface area contributed by atoms with Crippen LogP contribution in [0, 0.1) is 0 Å². The van der Waals surface area contributed by atoms with Crippen LogP contribution in [0.5, 0.6) is 0 Å². The number of hydrogen-bond donors (Lipinski definition) is 0. The molecule has 0 spiro atoms. The molecule has 7 heteroatoms. The van der Waals surface area contributed by atoms with Crippen LogP contribution in [0.2, 0.25) is 0 Å². The maximum atomic E-state index is 5.83. The van der Waals surface area contributed by atoms with E-state index in [9.17, 15) is 0 Å². The Kier molecular flexibility index (Phi) is 4.14. The highest BCUT2D eigenvalue weighted by molar-refractivity contribution is 7.09. The molecule has 6 nitrogen and oxygen atoms in total. The Bertz CT molecular complexity index is 743. The first kappa shape index (κ1) is 14.5. The smallest absolute Gasteiger partial charge is 0.123 e. The van der Waals surface area contributed by atoms with E-state index in [1.807, 2.05) is 48.1 Å². The number of benzene rings is 1. The summed E-state index contributed by atoms with van der Waals surface area (Å²) in [6, 6.07) is 9.95. The number of para-hydroxylation sites is 1. The van der Waals surface area contributed by atoms with E-state index in [0.29, 0.717) is 0 Å². The summed E-state index contributed by atoms with van der Waals surface area (Å²) in [6.45, 7) is 3.24. The average Bonchev–Trinajstić information content (AvgIpc) is 3.28. The summed E-state index contributed by atoms with van der Waals surface area (Å²) < 4.78 is 5.83. The van der Waals surface area contributed by atoms with Crippen molar-refractivity contribution in [1.82, 2.24) is 24.9 Å². The molecule has 1 fully saturated rings. The van der Waals surface area contributed by atoms with E-state index in [0.717, 1.165) is 42.6 Å². The molecule has 0 amide bonds. The largest absolute Gasteiger partial charge is 0.368 e. The van der Waals surface area contributed by atoms with Gasteiger partial charge in [0.2, 0.25) is 0 Å². The summed E-state index contributed by atoms with van der Waals surface area (Å²) in [5.41, 5.74) is 1.94. The lowest BCUT2D eigenvalue weighted by molar-refractivity contribution is -0.0333. The monoisotopic (exact) mass is 327 g/mol. The zero-order valence-electron chi connectivity index (χ0n) is 12.6. The Hall–Kier alpha value is -2.09. The summed E-state index contributed by atoms with van der Waals surface area (Å²) in [7, 11) is 0. The van der Waals surface area contributed by atoms with Crippen molar-refractivity contribution in [2.45, 2.75) is 12.6 Å². The van der Waals surface area contributed by atoms with Gasteiger partial charge in [-0.25, -0.2) is 4.98 Å². The highest BCUT2D eigenvalue weighted by atomic mass is 32.1. The molecule has 118 valence electrons. The van der Waals surface area contributed by atoms with E-state index in [2.05, 4.69) is 20.1 Å². The molecule has 1 atom stereocenters. The standard InChI is InChI=1S/C16H17N5OS/c1-2-4-14(5-3-1)21-18-10-13(19-21)11-20-7-8-22-15(12-20)16-17-6-9-23-16/h1-6,9-10,15H,7-8,11-12H2/t15-/m0/s1. The Labute approximate surface area is 138 Å². The van der Waals surface area contributed by atoms with Crippen LogP contribution in [-0.2, 0) is 11.3 Å². The van der Waals surface area contributed by atoms with Gasteiger partial charge in [0.25, 0.3) is 0 Å². The highest BCUT2D eigenvalue weighted by Crippen LogP contribution is 2.24. The zero-order valence-corrected chi connectivity index (χ0v) is 13.4. The Morgan fingerprint density at radius 3 is 3.00 bits per heavy atom. The minimum absolute atomic E-state index is 0.0629. The highest BCUT2D eigenvalue weighted by Gasteiger charge is 2.24. The number of nitrogens with zero attached hydrogens (tertiary/aromatic N) is 5. The molecule has 3 aromatic rings. The molecule has 0 unspecified atom stereocenters. The molecule has 23 heavy (non-hydrogen) atoms. The number of rotatable bonds is 4.